The highest BCUT2D eigenvalue weighted by atomic mass is 16.3. The Morgan fingerprint density at radius 2 is 1.68 bits per heavy atom. The van der Waals surface area contributed by atoms with Crippen LogP contribution in [-0.4, -0.2) is 23.1 Å². The normalized spacial score (nSPS) is 21.6. The zero-order valence-corrected chi connectivity index (χ0v) is 13.3. The SMILES string of the molecule is CC[C@](O)(c1ccccc1)[C@@H]1CCN(Cc2ccccc2)C1. The van der Waals surface area contributed by atoms with E-state index in [1.165, 1.54) is 5.56 Å². The van der Waals surface area contributed by atoms with Gasteiger partial charge in [0.15, 0.2) is 0 Å². The fraction of sp³-hybridized carbons (Fsp3) is 0.400. The van der Waals surface area contributed by atoms with Gasteiger partial charge in [-0.2, -0.15) is 0 Å². The molecule has 2 heteroatoms. The van der Waals surface area contributed by atoms with Crippen LogP contribution in [0.4, 0.5) is 0 Å². The standard InChI is InChI=1S/C20H25NO/c1-2-20(22,18-11-7-4-8-12-18)19-13-14-21(16-19)15-17-9-5-3-6-10-17/h3-12,19,22H,2,13-16H2,1H3/t19-,20+/m1/s1. The van der Waals surface area contributed by atoms with Crippen LogP contribution in [0, 0.1) is 5.92 Å². The highest BCUT2D eigenvalue weighted by Gasteiger charge is 2.40. The van der Waals surface area contributed by atoms with Crippen LogP contribution >= 0.6 is 0 Å². The second-order valence-corrected chi connectivity index (χ2v) is 6.35. The molecule has 0 unspecified atom stereocenters. The van der Waals surface area contributed by atoms with Gasteiger partial charge < -0.3 is 5.11 Å². The lowest BCUT2D eigenvalue weighted by molar-refractivity contribution is -0.0244. The highest BCUT2D eigenvalue weighted by molar-refractivity contribution is 5.24. The fourth-order valence-corrected chi connectivity index (χ4v) is 3.66. The van der Waals surface area contributed by atoms with Crippen LogP contribution in [0.25, 0.3) is 0 Å². The van der Waals surface area contributed by atoms with E-state index in [1.807, 2.05) is 18.2 Å². The molecule has 116 valence electrons. The minimum atomic E-state index is -0.702. The first kappa shape index (κ1) is 15.3. The third-order valence-corrected chi connectivity index (χ3v) is 5.01. The molecule has 3 rings (SSSR count). The van der Waals surface area contributed by atoms with Gasteiger partial charge in [-0.1, -0.05) is 67.6 Å². The zero-order chi connectivity index (χ0) is 15.4. The number of likely N-dealkylation sites (tertiary alicyclic amines) is 1. The van der Waals surface area contributed by atoms with Crippen molar-refractivity contribution in [1.82, 2.24) is 4.90 Å². The van der Waals surface area contributed by atoms with Crippen molar-refractivity contribution < 1.29 is 5.11 Å². The minimum absolute atomic E-state index is 0.309. The molecule has 1 fully saturated rings. The van der Waals surface area contributed by atoms with E-state index in [0.29, 0.717) is 5.92 Å². The Morgan fingerprint density at radius 3 is 2.32 bits per heavy atom. The summed E-state index contributed by atoms with van der Waals surface area (Å²) in [6.07, 6.45) is 1.83. The van der Waals surface area contributed by atoms with E-state index >= 15 is 0 Å². The topological polar surface area (TPSA) is 23.5 Å². The first-order valence-electron chi connectivity index (χ1n) is 8.26. The van der Waals surface area contributed by atoms with Crippen molar-refractivity contribution in [3.8, 4) is 0 Å². The van der Waals surface area contributed by atoms with Gasteiger partial charge in [0.2, 0.25) is 0 Å². The molecule has 22 heavy (non-hydrogen) atoms. The molecular formula is C20H25NO. The number of aliphatic hydroxyl groups is 1. The van der Waals surface area contributed by atoms with E-state index in [-0.39, 0.29) is 0 Å². The Kier molecular flexibility index (Phi) is 4.60. The van der Waals surface area contributed by atoms with Crippen molar-refractivity contribution in [3.05, 3.63) is 71.8 Å². The molecule has 1 aliphatic heterocycles. The molecule has 1 saturated heterocycles. The number of hydrogen-bond donors (Lipinski definition) is 1. The molecule has 0 aromatic heterocycles. The molecule has 1 N–H and O–H groups in total. The fourth-order valence-electron chi connectivity index (χ4n) is 3.66. The van der Waals surface area contributed by atoms with E-state index in [4.69, 9.17) is 0 Å². The monoisotopic (exact) mass is 295 g/mol. The Bertz CT molecular complexity index is 583. The lowest BCUT2D eigenvalue weighted by Crippen LogP contribution is -2.36. The minimum Gasteiger partial charge on any atom is -0.385 e. The number of nitrogens with zero attached hydrogens (tertiary/aromatic N) is 1. The summed E-state index contributed by atoms with van der Waals surface area (Å²) in [6, 6.07) is 20.8. The number of benzene rings is 2. The Hall–Kier alpha value is -1.64. The van der Waals surface area contributed by atoms with E-state index < -0.39 is 5.60 Å². The summed E-state index contributed by atoms with van der Waals surface area (Å²) < 4.78 is 0. The summed E-state index contributed by atoms with van der Waals surface area (Å²) in [4.78, 5) is 2.46. The summed E-state index contributed by atoms with van der Waals surface area (Å²) in [5.41, 5.74) is 1.71. The predicted octanol–water partition coefficient (Wildman–Crippen LogP) is 3.81. The van der Waals surface area contributed by atoms with Crippen molar-refractivity contribution >= 4 is 0 Å². The van der Waals surface area contributed by atoms with Gasteiger partial charge in [0.1, 0.15) is 0 Å². The largest absolute Gasteiger partial charge is 0.385 e. The first-order valence-corrected chi connectivity index (χ1v) is 8.26. The van der Waals surface area contributed by atoms with Crippen LogP contribution in [0.5, 0.6) is 0 Å². The maximum Gasteiger partial charge on any atom is 0.0934 e. The van der Waals surface area contributed by atoms with Crippen LogP contribution in [0.3, 0.4) is 0 Å². The van der Waals surface area contributed by atoms with Gasteiger partial charge in [-0.05, 0) is 30.5 Å². The predicted molar refractivity (Wildman–Crippen MR) is 90.5 cm³/mol. The smallest absolute Gasteiger partial charge is 0.0934 e. The van der Waals surface area contributed by atoms with Crippen LogP contribution in [0.2, 0.25) is 0 Å². The highest BCUT2D eigenvalue weighted by Crippen LogP contribution is 2.38. The maximum atomic E-state index is 11.2. The van der Waals surface area contributed by atoms with Crippen LogP contribution < -0.4 is 0 Å². The molecule has 2 aromatic rings. The molecule has 0 spiro atoms. The van der Waals surface area contributed by atoms with Gasteiger partial charge in [0.05, 0.1) is 5.60 Å². The molecule has 0 saturated carbocycles. The molecule has 2 nitrogen and oxygen atoms in total. The number of rotatable bonds is 5. The molecule has 0 amide bonds. The Morgan fingerprint density at radius 1 is 1.05 bits per heavy atom. The summed E-state index contributed by atoms with van der Waals surface area (Å²) in [6.45, 7) is 5.10. The second-order valence-electron chi connectivity index (χ2n) is 6.35. The average Bonchev–Trinajstić information content (AvgIpc) is 3.05. The second kappa shape index (κ2) is 6.64. The van der Waals surface area contributed by atoms with E-state index in [1.54, 1.807) is 0 Å². The molecule has 0 radical (unpaired) electrons. The van der Waals surface area contributed by atoms with Crippen molar-refractivity contribution in [1.29, 1.82) is 0 Å². The van der Waals surface area contributed by atoms with Gasteiger partial charge >= 0.3 is 0 Å². The molecule has 1 aliphatic rings. The quantitative estimate of drug-likeness (QED) is 0.907. The third-order valence-electron chi connectivity index (χ3n) is 5.01. The van der Waals surface area contributed by atoms with E-state index in [9.17, 15) is 5.11 Å². The third kappa shape index (κ3) is 3.08. The van der Waals surface area contributed by atoms with Crippen molar-refractivity contribution in [2.75, 3.05) is 13.1 Å². The first-order chi connectivity index (χ1) is 10.7. The van der Waals surface area contributed by atoms with Gasteiger partial charge in [-0.15, -0.1) is 0 Å². The molecule has 0 aliphatic carbocycles. The lowest BCUT2D eigenvalue weighted by Gasteiger charge is -2.34. The van der Waals surface area contributed by atoms with Gasteiger partial charge in [0.25, 0.3) is 0 Å². The molecule has 2 aromatic carbocycles. The van der Waals surface area contributed by atoms with Crippen molar-refractivity contribution in [2.24, 2.45) is 5.92 Å². The maximum absolute atomic E-state index is 11.2. The van der Waals surface area contributed by atoms with Crippen LogP contribution in [0.15, 0.2) is 60.7 Å². The van der Waals surface area contributed by atoms with Gasteiger partial charge in [-0.25, -0.2) is 0 Å². The van der Waals surface area contributed by atoms with E-state index in [0.717, 1.165) is 38.0 Å². The van der Waals surface area contributed by atoms with Crippen LogP contribution in [0.1, 0.15) is 30.9 Å². The summed E-state index contributed by atoms with van der Waals surface area (Å²) in [5.74, 6) is 0.309. The van der Waals surface area contributed by atoms with Gasteiger partial charge in [-0.3, -0.25) is 4.90 Å². The molecule has 1 heterocycles. The summed E-state index contributed by atoms with van der Waals surface area (Å²) >= 11 is 0. The number of hydrogen-bond acceptors (Lipinski definition) is 2. The van der Waals surface area contributed by atoms with E-state index in [2.05, 4.69) is 54.3 Å². The molecular weight excluding hydrogens is 270 g/mol. The van der Waals surface area contributed by atoms with Crippen molar-refractivity contribution in [2.45, 2.75) is 31.9 Å². The lowest BCUT2D eigenvalue weighted by atomic mass is 9.79. The average molecular weight is 295 g/mol. The summed E-state index contributed by atoms with van der Waals surface area (Å²) in [7, 11) is 0. The van der Waals surface area contributed by atoms with Crippen LogP contribution in [-0.2, 0) is 12.1 Å². The Labute approximate surface area is 133 Å². The zero-order valence-electron chi connectivity index (χ0n) is 13.3. The van der Waals surface area contributed by atoms with Gasteiger partial charge in [0, 0.05) is 19.0 Å². The molecule has 2 atom stereocenters. The molecule has 0 bridgehead atoms. The van der Waals surface area contributed by atoms with Crippen molar-refractivity contribution in [3.63, 3.8) is 0 Å². The Balaban J connectivity index is 1.71. The summed E-state index contributed by atoms with van der Waals surface area (Å²) in [5, 5.41) is 11.2.